The molecule has 14 heavy (non-hydrogen) atoms. The van der Waals surface area contributed by atoms with Crippen LogP contribution >= 0.6 is 11.8 Å². The Morgan fingerprint density at radius 3 is 2.71 bits per heavy atom. The SMILES string of the molecule is OCc1ccc(SC2CCOC2)cc1. The van der Waals surface area contributed by atoms with Crippen LogP contribution in [0, 0.1) is 0 Å². The third kappa shape index (κ3) is 2.50. The quantitative estimate of drug-likeness (QED) is 0.828. The molecule has 76 valence electrons. The lowest BCUT2D eigenvalue weighted by Crippen LogP contribution is -1.99. The molecule has 0 radical (unpaired) electrons. The van der Waals surface area contributed by atoms with Crippen LogP contribution in [0.1, 0.15) is 12.0 Å². The van der Waals surface area contributed by atoms with E-state index in [2.05, 4.69) is 12.1 Å². The van der Waals surface area contributed by atoms with Gasteiger partial charge in [-0.15, -0.1) is 11.8 Å². The summed E-state index contributed by atoms with van der Waals surface area (Å²) in [7, 11) is 0. The Bertz CT molecular complexity index is 278. The Labute approximate surface area is 88.3 Å². The van der Waals surface area contributed by atoms with Gasteiger partial charge in [0.1, 0.15) is 0 Å². The van der Waals surface area contributed by atoms with Crippen LogP contribution in [0.2, 0.25) is 0 Å². The molecule has 1 saturated heterocycles. The molecule has 0 aliphatic carbocycles. The van der Waals surface area contributed by atoms with Crippen molar-refractivity contribution in [3.8, 4) is 0 Å². The highest BCUT2D eigenvalue weighted by Gasteiger charge is 2.16. The van der Waals surface area contributed by atoms with Gasteiger partial charge in [-0.2, -0.15) is 0 Å². The number of ether oxygens (including phenoxy) is 1. The van der Waals surface area contributed by atoms with Crippen molar-refractivity contribution in [2.45, 2.75) is 23.2 Å². The summed E-state index contributed by atoms with van der Waals surface area (Å²) < 4.78 is 5.31. The number of hydrogen-bond acceptors (Lipinski definition) is 3. The molecule has 0 bridgehead atoms. The maximum Gasteiger partial charge on any atom is 0.0681 e. The Balaban J connectivity index is 1.95. The minimum Gasteiger partial charge on any atom is -0.392 e. The Morgan fingerprint density at radius 1 is 1.36 bits per heavy atom. The van der Waals surface area contributed by atoms with Gasteiger partial charge in [-0.1, -0.05) is 12.1 Å². The fraction of sp³-hybridized carbons (Fsp3) is 0.455. The van der Waals surface area contributed by atoms with Crippen LogP contribution in [0.3, 0.4) is 0 Å². The minimum atomic E-state index is 0.123. The van der Waals surface area contributed by atoms with Crippen LogP contribution < -0.4 is 0 Å². The molecule has 0 saturated carbocycles. The van der Waals surface area contributed by atoms with Crippen molar-refractivity contribution in [2.75, 3.05) is 13.2 Å². The zero-order valence-corrected chi connectivity index (χ0v) is 8.80. The fourth-order valence-corrected chi connectivity index (χ4v) is 2.53. The molecule has 1 fully saturated rings. The van der Waals surface area contributed by atoms with E-state index in [0.717, 1.165) is 25.2 Å². The summed E-state index contributed by atoms with van der Waals surface area (Å²) >= 11 is 1.86. The first kappa shape index (κ1) is 10.0. The number of aliphatic hydroxyl groups is 1. The van der Waals surface area contributed by atoms with Gasteiger partial charge in [0.15, 0.2) is 0 Å². The molecular weight excluding hydrogens is 196 g/mol. The number of aliphatic hydroxyl groups excluding tert-OH is 1. The number of thioether (sulfide) groups is 1. The highest BCUT2D eigenvalue weighted by molar-refractivity contribution is 8.00. The predicted molar refractivity (Wildman–Crippen MR) is 57.4 cm³/mol. The predicted octanol–water partition coefficient (Wildman–Crippen LogP) is 2.06. The minimum absolute atomic E-state index is 0.123. The summed E-state index contributed by atoms with van der Waals surface area (Å²) in [5.74, 6) is 0. The zero-order valence-electron chi connectivity index (χ0n) is 7.98. The smallest absolute Gasteiger partial charge is 0.0681 e. The number of benzene rings is 1. The molecule has 0 spiro atoms. The molecule has 1 aromatic carbocycles. The normalized spacial score (nSPS) is 21.4. The lowest BCUT2D eigenvalue weighted by molar-refractivity contribution is 0.199. The summed E-state index contributed by atoms with van der Waals surface area (Å²) in [4.78, 5) is 1.26. The van der Waals surface area contributed by atoms with Crippen molar-refractivity contribution in [1.29, 1.82) is 0 Å². The van der Waals surface area contributed by atoms with Gasteiger partial charge >= 0.3 is 0 Å². The molecule has 2 rings (SSSR count). The molecule has 1 aliphatic rings. The lowest BCUT2D eigenvalue weighted by atomic mass is 10.2. The van der Waals surface area contributed by atoms with E-state index in [1.54, 1.807) is 0 Å². The monoisotopic (exact) mass is 210 g/mol. The largest absolute Gasteiger partial charge is 0.392 e. The Hall–Kier alpha value is -0.510. The summed E-state index contributed by atoms with van der Waals surface area (Å²) in [5.41, 5.74) is 0.969. The van der Waals surface area contributed by atoms with Gasteiger partial charge in [0, 0.05) is 16.8 Å². The van der Waals surface area contributed by atoms with Crippen LogP contribution in [0.4, 0.5) is 0 Å². The maximum atomic E-state index is 8.89. The Morgan fingerprint density at radius 2 is 2.14 bits per heavy atom. The van der Waals surface area contributed by atoms with Crippen molar-refractivity contribution in [2.24, 2.45) is 0 Å². The third-order valence-corrected chi connectivity index (χ3v) is 3.55. The molecule has 1 N–H and O–H groups in total. The summed E-state index contributed by atoms with van der Waals surface area (Å²) in [5, 5.41) is 9.49. The van der Waals surface area contributed by atoms with Gasteiger partial charge in [-0.3, -0.25) is 0 Å². The van der Waals surface area contributed by atoms with E-state index >= 15 is 0 Å². The van der Waals surface area contributed by atoms with Gasteiger partial charge < -0.3 is 9.84 Å². The van der Waals surface area contributed by atoms with E-state index in [0.29, 0.717) is 5.25 Å². The zero-order chi connectivity index (χ0) is 9.80. The van der Waals surface area contributed by atoms with Gasteiger partial charge in [-0.05, 0) is 24.1 Å². The average Bonchev–Trinajstić information content (AvgIpc) is 2.72. The van der Waals surface area contributed by atoms with Gasteiger partial charge in [0.25, 0.3) is 0 Å². The van der Waals surface area contributed by atoms with Crippen LogP contribution in [0.25, 0.3) is 0 Å². The van der Waals surface area contributed by atoms with Crippen molar-refractivity contribution < 1.29 is 9.84 Å². The van der Waals surface area contributed by atoms with Crippen LogP contribution in [-0.2, 0) is 11.3 Å². The number of rotatable bonds is 3. The van der Waals surface area contributed by atoms with Crippen LogP contribution in [0.15, 0.2) is 29.2 Å². The van der Waals surface area contributed by atoms with E-state index in [1.807, 2.05) is 23.9 Å². The first-order chi connectivity index (χ1) is 6.88. The van der Waals surface area contributed by atoms with Crippen molar-refractivity contribution in [3.63, 3.8) is 0 Å². The second kappa shape index (κ2) is 4.82. The highest BCUT2D eigenvalue weighted by atomic mass is 32.2. The molecule has 0 aromatic heterocycles. The molecular formula is C11H14O2S. The summed E-state index contributed by atoms with van der Waals surface area (Å²) in [6, 6.07) is 8.07. The third-order valence-electron chi connectivity index (χ3n) is 2.30. The second-order valence-corrected chi connectivity index (χ2v) is 4.78. The highest BCUT2D eigenvalue weighted by Crippen LogP contribution is 2.28. The van der Waals surface area contributed by atoms with Gasteiger partial charge in [0.05, 0.1) is 13.2 Å². The first-order valence-electron chi connectivity index (χ1n) is 4.82. The van der Waals surface area contributed by atoms with Crippen molar-refractivity contribution in [3.05, 3.63) is 29.8 Å². The molecule has 3 heteroatoms. The van der Waals surface area contributed by atoms with E-state index in [9.17, 15) is 0 Å². The fourth-order valence-electron chi connectivity index (χ4n) is 1.47. The average molecular weight is 210 g/mol. The molecule has 1 atom stereocenters. The standard InChI is InChI=1S/C11H14O2S/c12-7-9-1-3-10(4-2-9)14-11-5-6-13-8-11/h1-4,11-12H,5-8H2. The van der Waals surface area contributed by atoms with Crippen LogP contribution in [0.5, 0.6) is 0 Å². The number of hydrogen-bond donors (Lipinski definition) is 1. The molecule has 0 amide bonds. The molecule has 1 heterocycles. The summed E-state index contributed by atoms with van der Waals surface area (Å²) in [6.45, 7) is 1.89. The maximum absolute atomic E-state index is 8.89. The van der Waals surface area contributed by atoms with Crippen molar-refractivity contribution >= 4 is 11.8 Å². The van der Waals surface area contributed by atoms with Gasteiger partial charge in [-0.25, -0.2) is 0 Å². The Kier molecular flexibility index (Phi) is 3.45. The van der Waals surface area contributed by atoms with E-state index < -0.39 is 0 Å². The van der Waals surface area contributed by atoms with Gasteiger partial charge in [0.2, 0.25) is 0 Å². The summed E-state index contributed by atoms with van der Waals surface area (Å²) in [6.07, 6.45) is 1.15. The van der Waals surface area contributed by atoms with E-state index in [1.165, 1.54) is 4.90 Å². The molecule has 1 aliphatic heterocycles. The molecule has 1 unspecified atom stereocenters. The second-order valence-electron chi connectivity index (χ2n) is 3.41. The lowest BCUT2D eigenvalue weighted by Gasteiger charge is -2.07. The van der Waals surface area contributed by atoms with Crippen molar-refractivity contribution in [1.82, 2.24) is 0 Å². The topological polar surface area (TPSA) is 29.5 Å². The van der Waals surface area contributed by atoms with E-state index in [4.69, 9.17) is 9.84 Å². The molecule has 1 aromatic rings. The van der Waals surface area contributed by atoms with E-state index in [-0.39, 0.29) is 6.61 Å². The molecule has 2 nitrogen and oxygen atoms in total. The first-order valence-corrected chi connectivity index (χ1v) is 5.70. The van der Waals surface area contributed by atoms with Crippen LogP contribution in [-0.4, -0.2) is 23.6 Å².